The maximum atomic E-state index is 13.8. The Balaban J connectivity index is 1.76. The van der Waals surface area contributed by atoms with E-state index in [4.69, 9.17) is 4.74 Å². The van der Waals surface area contributed by atoms with Crippen molar-refractivity contribution in [3.05, 3.63) is 94.8 Å². The number of likely N-dealkylation sites (N-methyl/N-ethyl adjacent to an activating group) is 1. The Morgan fingerprint density at radius 3 is 2.51 bits per heavy atom. The third-order valence-electron chi connectivity index (χ3n) is 5.84. The summed E-state index contributed by atoms with van der Waals surface area (Å²) in [6.45, 7) is 0.947. The van der Waals surface area contributed by atoms with Gasteiger partial charge in [-0.2, -0.15) is 0 Å². The highest BCUT2D eigenvalue weighted by Crippen LogP contribution is 2.38. The third kappa shape index (κ3) is 5.75. The van der Waals surface area contributed by atoms with Gasteiger partial charge in [-0.3, -0.25) is 9.59 Å². The summed E-state index contributed by atoms with van der Waals surface area (Å²) in [7, 11) is 5.43. The van der Waals surface area contributed by atoms with Crippen LogP contribution in [0.25, 0.3) is 11.3 Å². The molecule has 0 radical (unpaired) electrons. The molecule has 0 fully saturated rings. The third-order valence-corrected chi connectivity index (χ3v) is 5.84. The van der Waals surface area contributed by atoms with Crippen molar-refractivity contribution in [2.45, 2.75) is 12.8 Å². The van der Waals surface area contributed by atoms with Crippen LogP contribution < -0.4 is 10.6 Å². The number of nitrogens with one attached hydrogen (secondary N) is 2. The smallest absolute Gasteiger partial charge is 0.309 e. The molecule has 7 heteroatoms. The topological polar surface area (TPSA) is 70.7 Å². The Bertz CT molecular complexity index is 1280. The minimum Gasteiger partial charge on any atom is -0.469 e. The van der Waals surface area contributed by atoms with E-state index in [2.05, 4.69) is 27.7 Å². The average Bonchev–Trinajstić information content (AvgIpc) is 3.16. The first-order chi connectivity index (χ1) is 16.8. The zero-order valence-electron chi connectivity index (χ0n) is 20.0. The highest BCUT2D eigenvalue weighted by Gasteiger charge is 2.29. The van der Waals surface area contributed by atoms with Crippen LogP contribution in [0.1, 0.15) is 22.3 Å². The van der Waals surface area contributed by atoms with Crippen LogP contribution in [0, 0.1) is 5.82 Å². The van der Waals surface area contributed by atoms with Crippen LogP contribution in [0.5, 0.6) is 0 Å². The zero-order chi connectivity index (χ0) is 24.9. The monoisotopic (exact) mass is 473 g/mol. The minimum atomic E-state index is -0.423. The molecule has 6 nitrogen and oxygen atoms in total. The van der Waals surface area contributed by atoms with Gasteiger partial charge in [0.15, 0.2) is 0 Å². The SMILES string of the molecule is COC(=O)Cc1cccc(/C(Nc2ccc(CCN(C)C)cc2)=C2/C(=O)Nc3cc(F)ccc32)c1. The Hall–Kier alpha value is -3.97. The average molecular weight is 474 g/mol. The van der Waals surface area contributed by atoms with E-state index in [1.165, 1.54) is 24.8 Å². The number of carbonyl (C=O) groups is 2. The molecule has 0 aliphatic carbocycles. The van der Waals surface area contributed by atoms with Crippen molar-refractivity contribution in [2.24, 2.45) is 0 Å². The second-order valence-electron chi connectivity index (χ2n) is 8.72. The first-order valence-corrected chi connectivity index (χ1v) is 11.4. The summed E-state index contributed by atoms with van der Waals surface area (Å²) in [4.78, 5) is 27.0. The molecule has 0 saturated heterocycles. The normalized spacial score (nSPS) is 13.9. The van der Waals surface area contributed by atoms with Gasteiger partial charge in [-0.25, -0.2) is 4.39 Å². The predicted molar refractivity (Wildman–Crippen MR) is 136 cm³/mol. The highest BCUT2D eigenvalue weighted by molar-refractivity contribution is 6.37. The van der Waals surface area contributed by atoms with Gasteiger partial charge in [-0.1, -0.05) is 30.3 Å². The molecule has 3 aromatic rings. The summed E-state index contributed by atoms with van der Waals surface area (Å²) in [5.74, 6) is -1.10. The molecule has 0 bridgehead atoms. The lowest BCUT2D eigenvalue weighted by molar-refractivity contribution is -0.139. The number of halogens is 1. The van der Waals surface area contributed by atoms with Gasteiger partial charge >= 0.3 is 5.97 Å². The first-order valence-electron chi connectivity index (χ1n) is 11.4. The maximum absolute atomic E-state index is 13.8. The number of rotatable bonds is 8. The van der Waals surface area contributed by atoms with E-state index in [1.54, 1.807) is 6.07 Å². The number of anilines is 2. The van der Waals surface area contributed by atoms with Crippen molar-refractivity contribution in [2.75, 3.05) is 38.4 Å². The van der Waals surface area contributed by atoms with Crippen LogP contribution in [0.4, 0.5) is 15.8 Å². The van der Waals surface area contributed by atoms with Gasteiger partial charge < -0.3 is 20.3 Å². The first kappa shape index (κ1) is 24.2. The number of fused-ring (bicyclic) bond motifs is 1. The second-order valence-corrected chi connectivity index (χ2v) is 8.72. The lowest BCUT2D eigenvalue weighted by Crippen LogP contribution is -2.15. The number of carbonyl (C=O) groups excluding carboxylic acids is 2. The van der Waals surface area contributed by atoms with Crippen LogP contribution in [0.3, 0.4) is 0 Å². The molecular formula is C28H28FN3O3. The van der Waals surface area contributed by atoms with E-state index in [0.29, 0.717) is 22.5 Å². The Morgan fingerprint density at radius 2 is 1.80 bits per heavy atom. The zero-order valence-corrected chi connectivity index (χ0v) is 20.0. The van der Waals surface area contributed by atoms with Crippen LogP contribution in [0.2, 0.25) is 0 Å². The number of nitrogens with zero attached hydrogens (tertiary/aromatic N) is 1. The second kappa shape index (κ2) is 10.5. The molecule has 4 rings (SSSR count). The molecule has 1 amide bonds. The number of benzene rings is 3. The number of hydrogen-bond acceptors (Lipinski definition) is 5. The van der Waals surface area contributed by atoms with Crippen molar-refractivity contribution in [3.8, 4) is 0 Å². The highest BCUT2D eigenvalue weighted by atomic mass is 19.1. The van der Waals surface area contributed by atoms with E-state index >= 15 is 0 Å². The summed E-state index contributed by atoms with van der Waals surface area (Å²) < 4.78 is 18.6. The molecule has 0 saturated carbocycles. The van der Waals surface area contributed by atoms with Crippen LogP contribution in [-0.4, -0.2) is 44.5 Å². The fourth-order valence-electron chi connectivity index (χ4n) is 4.00. The molecular weight excluding hydrogens is 445 g/mol. The molecule has 0 unspecified atom stereocenters. The summed E-state index contributed by atoms with van der Waals surface area (Å²) in [5.41, 5.74) is 5.51. The number of methoxy groups -OCH3 is 1. The number of ether oxygens (including phenoxy) is 1. The van der Waals surface area contributed by atoms with E-state index in [0.717, 1.165) is 29.8 Å². The van der Waals surface area contributed by atoms with E-state index in [-0.39, 0.29) is 18.3 Å². The fourth-order valence-corrected chi connectivity index (χ4v) is 4.00. The van der Waals surface area contributed by atoms with Crippen molar-refractivity contribution in [3.63, 3.8) is 0 Å². The molecule has 2 N–H and O–H groups in total. The molecule has 1 aliphatic rings. The van der Waals surface area contributed by atoms with Gasteiger partial charge in [0.1, 0.15) is 5.82 Å². The molecule has 0 spiro atoms. The largest absolute Gasteiger partial charge is 0.469 e. The standard InChI is InChI=1S/C28H28FN3O3/c1-32(2)14-13-18-7-10-22(11-8-18)30-27(20-6-4-5-19(15-20)16-25(33)35-3)26-23-12-9-21(29)17-24(23)31-28(26)34/h4-12,15,17,30H,13-14,16H2,1-3H3,(H,31,34)/b27-26-. The molecule has 3 aromatic carbocycles. The van der Waals surface area contributed by atoms with E-state index in [1.807, 2.05) is 50.5 Å². The molecule has 180 valence electrons. The number of amides is 1. The quantitative estimate of drug-likeness (QED) is 0.370. The molecule has 1 aliphatic heterocycles. The van der Waals surface area contributed by atoms with Gasteiger partial charge in [0.05, 0.1) is 30.5 Å². The Kier molecular flexibility index (Phi) is 7.27. The van der Waals surface area contributed by atoms with Crippen molar-refractivity contribution < 1.29 is 18.7 Å². The predicted octanol–water partition coefficient (Wildman–Crippen LogP) is 4.58. The molecule has 0 aromatic heterocycles. The van der Waals surface area contributed by atoms with Gasteiger partial charge in [0, 0.05) is 17.8 Å². The van der Waals surface area contributed by atoms with E-state index < -0.39 is 5.82 Å². The summed E-state index contributed by atoms with van der Waals surface area (Å²) in [5, 5.41) is 6.17. The van der Waals surface area contributed by atoms with Gasteiger partial charge in [-0.15, -0.1) is 0 Å². The molecule has 1 heterocycles. The number of esters is 1. The van der Waals surface area contributed by atoms with Crippen LogP contribution in [-0.2, 0) is 27.2 Å². The fraction of sp³-hybridized carbons (Fsp3) is 0.214. The van der Waals surface area contributed by atoms with Crippen LogP contribution >= 0.6 is 0 Å². The minimum absolute atomic E-state index is 0.113. The molecule has 0 atom stereocenters. The van der Waals surface area contributed by atoms with Crippen molar-refractivity contribution in [1.82, 2.24) is 4.90 Å². The van der Waals surface area contributed by atoms with Gasteiger partial charge in [0.25, 0.3) is 5.91 Å². The van der Waals surface area contributed by atoms with Gasteiger partial charge in [0.2, 0.25) is 0 Å². The van der Waals surface area contributed by atoms with Crippen molar-refractivity contribution >= 4 is 34.5 Å². The van der Waals surface area contributed by atoms with Crippen LogP contribution in [0.15, 0.2) is 66.7 Å². The lowest BCUT2D eigenvalue weighted by Gasteiger charge is -2.16. The Morgan fingerprint density at radius 1 is 1.03 bits per heavy atom. The van der Waals surface area contributed by atoms with Crippen molar-refractivity contribution in [1.29, 1.82) is 0 Å². The summed E-state index contributed by atoms with van der Waals surface area (Å²) in [6.07, 6.45) is 1.04. The summed E-state index contributed by atoms with van der Waals surface area (Å²) >= 11 is 0. The summed E-state index contributed by atoms with van der Waals surface area (Å²) in [6, 6.07) is 19.7. The molecule has 35 heavy (non-hydrogen) atoms. The van der Waals surface area contributed by atoms with E-state index in [9.17, 15) is 14.0 Å². The number of hydrogen-bond donors (Lipinski definition) is 2. The maximum Gasteiger partial charge on any atom is 0.309 e. The Labute approximate surface area is 204 Å². The van der Waals surface area contributed by atoms with Gasteiger partial charge in [-0.05, 0) is 73.6 Å². The lowest BCUT2D eigenvalue weighted by atomic mass is 9.98.